The molecule has 0 unspecified atom stereocenters. The lowest BCUT2D eigenvalue weighted by molar-refractivity contribution is -0.385. The highest BCUT2D eigenvalue weighted by Gasteiger charge is 2.31. The summed E-state index contributed by atoms with van der Waals surface area (Å²) in [4.78, 5) is 22.3. The third-order valence-electron chi connectivity index (χ3n) is 3.54. The van der Waals surface area contributed by atoms with Crippen LogP contribution in [0.1, 0.15) is 32.1 Å². The average Bonchev–Trinajstić information content (AvgIpc) is 2.77. The number of hydrogen-bond donors (Lipinski definition) is 2. The highest BCUT2D eigenvalue weighted by molar-refractivity contribution is 9.10. The molecule has 0 saturated heterocycles. The predicted octanol–water partition coefficient (Wildman–Crippen LogP) is 2.96. The van der Waals surface area contributed by atoms with Gasteiger partial charge in [-0.2, -0.15) is 0 Å². The Morgan fingerprint density at radius 3 is 2.70 bits per heavy atom. The lowest BCUT2D eigenvalue weighted by Gasteiger charge is -2.22. The molecule has 1 aromatic carbocycles. The Balaban J connectivity index is 2.04. The molecule has 0 radical (unpaired) electrons. The summed E-state index contributed by atoms with van der Waals surface area (Å²) >= 11 is 3.10. The average molecular weight is 342 g/mol. The second-order valence-corrected chi connectivity index (χ2v) is 6.07. The number of nitro benzene ring substituents is 1. The van der Waals surface area contributed by atoms with Crippen LogP contribution in [0.15, 0.2) is 22.7 Å². The molecule has 7 heteroatoms. The molecule has 0 atom stereocenters. The van der Waals surface area contributed by atoms with Crippen LogP contribution in [0.2, 0.25) is 0 Å². The van der Waals surface area contributed by atoms with Crippen molar-refractivity contribution in [1.29, 1.82) is 0 Å². The number of benzene rings is 1. The molecule has 6 nitrogen and oxygen atoms in total. The van der Waals surface area contributed by atoms with E-state index in [1.807, 2.05) is 0 Å². The van der Waals surface area contributed by atoms with E-state index in [-0.39, 0.29) is 18.0 Å². The minimum atomic E-state index is -0.499. The van der Waals surface area contributed by atoms with Crippen LogP contribution in [0, 0.1) is 10.1 Å². The largest absolute Gasteiger partial charge is 0.326 e. The second kappa shape index (κ2) is 5.88. The number of halogens is 1. The summed E-state index contributed by atoms with van der Waals surface area (Å²) in [7, 11) is 0. The number of nitrogens with one attached hydrogen (secondary N) is 1. The molecule has 1 aliphatic carbocycles. The highest BCUT2D eigenvalue weighted by Crippen LogP contribution is 2.31. The van der Waals surface area contributed by atoms with Gasteiger partial charge in [-0.05, 0) is 40.9 Å². The number of hydrogen-bond acceptors (Lipinski definition) is 4. The Hall–Kier alpha value is -1.47. The summed E-state index contributed by atoms with van der Waals surface area (Å²) in [5, 5.41) is 13.5. The Morgan fingerprint density at radius 2 is 2.10 bits per heavy atom. The van der Waals surface area contributed by atoms with Gasteiger partial charge in [-0.3, -0.25) is 14.9 Å². The zero-order chi connectivity index (χ0) is 14.8. The quantitative estimate of drug-likeness (QED) is 0.649. The van der Waals surface area contributed by atoms with Gasteiger partial charge < -0.3 is 11.1 Å². The predicted molar refractivity (Wildman–Crippen MR) is 79.4 cm³/mol. The first-order valence-corrected chi connectivity index (χ1v) is 7.22. The molecule has 0 aliphatic heterocycles. The molecule has 2 rings (SSSR count). The van der Waals surface area contributed by atoms with Gasteiger partial charge in [0.05, 0.1) is 9.40 Å². The minimum Gasteiger partial charge on any atom is -0.326 e. The van der Waals surface area contributed by atoms with Gasteiger partial charge in [0, 0.05) is 23.7 Å². The Morgan fingerprint density at radius 1 is 1.45 bits per heavy atom. The Kier molecular flexibility index (Phi) is 4.39. The number of carbonyl (C=O) groups is 1. The van der Waals surface area contributed by atoms with Crippen LogP contribution in [-0.2, 0) is 4.79 Å². The van der Waals surface area contributed by atoms with Crippen molar-refractivity contribution in [2.45, 2.75) is 37.6 Å². The van der Waals surface area contributed by atoms with E-state index in [1.165, 1.54) is 6.07 Å². The zero-order valence-corrected chi connectivity index (χ0v) is 12.5. The summed E-state index contributed by atoms with van der Waals surface area (Å²) < 4.78 is 0.381. The first-order chi connectivity index (χ1) is 9.39. The molecule has 0 heterocycles. The molecule has 0 aromatic heterocycles. The van der Waals surface area contributed by atoms with Crippen LogP contribution in [0.25, 0.3) is 0 Å². The summed E-state index contributed by atoms with van der Waals surface area (Å²) in [6.45, 7) is 0. The van der Waals surface area contributed by atoms with Gasteiger partial charge in [0.2, 0.25) is 5.91 Å². The summed E-state index contributed by atoms with van der Waals surface area (Å²) in [5.41, 5.74) is 6.05. The Bertz CT molecular complexity index is 542. The fourth-order valence-electron chi connectivity index (χ4n) is 2.51. The van der Waals surface area contributed by atoms with Crippen LogP contribution in [0.5, 0.6) is 0 Å². The SMILES string of the molecule is NC1(CC(=O)Nc2ccc(Br)c([N+](=O)[O-])c2)CCCC1. The lowest BCUT2D eigenvalue weighted by atomic mass is 9.94. The third-order valence-corrected chi connectivity index (χ3v) is 4.21. The van der Waals surface area contributed by atoms with E-state index in [0.29, 0.717) is 10.2 Å². The molecular weight excluding hydrogens is 326 g/mol. The summed E-state index contributed by atoms with van der Waals surface area (Å²) in [6.07, 6.45) is 4.04. The number of amides is 1. The molecular formula is C13H16BrN3O3. The Labute approximate surface area is 125 Å². The monoisotopic (exact) mass is 341 g/mol. The van der Waals surface area contributed by atoms with Crippen LogP contribution in [-0.4, -0.2) is 16.4 Å². The molecule has 0 spiro atoms. The fraction of sp³-hybridized carbons (Fsp3) is 0.462. The van der Waals surface area contributed by atoms with Gasteiger partial charge in [-0.15, -0.1) is 0 Å². The molecule has 1 amide bonds. The van der Waals surface area contributed by atoms with Crippen LogP contribution in [0.3, 0.4) is 0 Å². The first kappa shape index (κ1) is 14.9. The molecule has 1 aromatic rings. The molecule has 0 bridgehead atoms. The van der Waals surface area contributed by atoms with E-state index in [2.05, 4.69) is 21.2 Å². The van der Waals surface area contributed by atoms with Crippen LogP contribution < -0.4 is 11.1 Å². The van der Waals surface area contributed by atoms with Gasteiger partial charge in [0.15, 0.2) is 0 Å². The van der Waals surface area contributed by atoms with E-state index in [1.54, 1.807) is 12.1 Å². The fourth-order valence-corrected chi connectivity index (χ4v) is 2.90. The maximum atomic E-state index is 12.0. The number of nitrogens with two attached hydrogens (primary N) is 1. The highest BCUT2D eigenvalue weighted by atomic mass is 79.9. The smallest absolute Gasteiger partial charge is 0.285 e. The van der Waals surface area contributed by atoms with Gasteiger partial charge >= 0.3 is 0 Å². The van der Waals surface area contributed by atoms with Crippen molar-refractivity contribution in [2.24, 2.45) is 5.73 Å². The van der Waals surface area contributed by atoms with Crippen molar-refractivity contribution in [2.75, 3.05) is 5.32 Å². The first-order valence-electron chi connectivity index (χ1n) is 6.42. The lowest BCUT2D eigenvalue weighted by Crippen LogP contribution is -2.40. The zero-order valence-electron chi connectivity index (χ0n) is 10.9. The maximum absolute atomic E-state index is 12.0. The van der Waals surface area contributed by atoms with Crippen molar-refractivity contribution in [3.8, 4) is 0 Å². The minimum absolute atomic E-state index is 0.0777. The van der Waals surface area contributed by atoms with E-state index in [0.717, 1.165) is 25.7 Å². The maximum Gasteiger partial charge on any atom is 0.285 e. The standard InChI is InChI=1S/C13H16BrN3O3/c14-10-4-3-9(7-11(10)17(19)20)16-12(18)8-13(15)5-1-2-6-13/h3-4,7H,1-2,5-6,8,15H2,(H,16,18). The third kappa shape index (κ3) is 3.55. The van der Waals surface area contributed by atoms with Crippen LogP contribution in [0.4, 0.5) is 11.4 Å². The molecule has 108 valence electrons. The number of nitrogens with zero attached hydrogens (tertiary/aromatic N) is 1. The van der Waals surface area contributed by atoms with Crippen molar-refractivity contribution in [3.05, 3.63) is 32.8 Å². The molecule has 3 N–H and O–H groups in total. The van der Waals surface area contributed by atoms with Crippen LogP contribution >= 0.6 is 15.9 Å². The number of carbonyl (C=O) groups excluding carboxylic acids is 1. The summed E-state index contributed by atoms with van der Waals surface area (Å²) in [6, 6.07) is 4.49. The van der Waals surface area contributed by atoms with Crippen molar-refractivity contribution in [3.63, 3.8) is 0 Å². The van der Waals surface area contributed by atoms with Gasteiger partial charge in [-0.25, -0.2) is 0 Å². The normalized spacial score (nSPS) is 16.9. The topological polar surface area (TPSA) is 98.3 Å². The van der Waals surface area contributed by atoms with Crippen molar-refractivity contribution >= 4 is 33.2 Å². The van der Waals surface area contributed by atoms with E-state index in [4.69, 9.17) is 5.73 Å². The molecule has 1 fully saturated rings. The number of rotatable bonds is 4. The van der Waals surface area contributed by atoms with E-state index < -0.39 is 10.5 Å². The molecule has 1 aliphatic rings. The van der Waals surface area contributed by atoms with E-state index in [9.17, 15) is 14.9 Å². The van der Waals surface area contributed by atoms with Crippen molar-refractivity contribution in [1.82, 2.24) is 0 Å². The van der Waals surface area contributed by atoms with E-state index >= 15 is 0 Å². The molecule has 20 heavy (non-hydrogen) atoms. The van der Waals surface area contributed by atoms with Gasteiger partial charge in [-0.1, -0.05) is 12.8 Å². The van der Waals surface area contributed by atoms with Crippen molar-refractivity contribution < 1.29 is 9.72 Å². The second-order valence-electron chi connectivity index (χ2n) is 5.22. The van der Waals surface area contributed by atoms with Gasteiger partial charge in [0.1, 0.15) is 0 Å². The van der Waals surface area contributed by atoms with Gasteiger partial charge in [0.25, 0.3) is 5.69 Å². The molecule has 1 saturated carbocycles. The number of nitro groups is 1. The summed E-state index contributed by atoms with van der Waals surface area (Å²) in [5.74, 6) is -0.203. The number of anilines is 1.